The number of nitrogens with zero attached hydrogens (tertiary/aromatic N) is 1. The second-order valence-corrected chi connectivity index (χ2v) is 1.34. The first-order valence-electron chi connectivity index (χ1n) is 2.10. The fraction of sp³-hybridized carbons (Fsp3) is 0. The van der Waals surface area contributed by atoms with Crippen LogP contribution in [0, 0.1) is 0 Å². The summed E-state index contributed by atoms with van der Waals surface area (Å²) in [6, 6.07) is 1.20. The molecule has 0 aliphatic carbocycles. The zero-order valence-electron chi connectivity index (χ0n) is 4.93. The van der Waals surface area contributed by atoms with Crippen molar-refractivity contribution >= 4 is 0 Å². The smallest absolute Gasteiger partial charge is 0.216 e. The summed E-state index contributed by atoms with van der Waals surface area (Å²) in [7, 11) is 0. The van der Waals surface area contributed by atoms with E-state index in [2.05, 4.69) is 4.98 Å². The van der Waals surface area contributed by atoms with Crippen LogP contribution in [-0.4, -0.2) is 5.11 Å². The van der Waals surface area contributed by atoms with Crippen molar-refractivity contribution in [2.75, 3.05) is 0 Å². The van der Waals surface area contributed by atoms with Gasteiger partial charge in [-0.1, -0.05) is 0 Å². The molecule has 1 aromatic rings. The molecule has 2 radical (unpaired) electrons. The van der Waals surface area contributed by atoms with Crippen LogP contribution in [0.4, 0.5) is 0 Å². The zero-order valence-corrected chi connectivity index (χ0v) is 7.72. The summed E-state index contributed by atoms with van der Waals surface area (Å²) in [5, 5.41) is 8.54. The van der Waals surface area contributed by atoms with Crippen molar-refractivity contribution in [1.82, 2.24) is 4.98 Å². The quantitative estimate of drug-likeness (QED) is 0.642. The van der Waals surface area contributed by atoms with Crippen LogP contribution in [-0.2, 0) is 37.1 Å². The Kier molecular flexibility index (Phi) is 7.15. The second kappa shape index (κ2) is 5.68. The fourth-order valence-corrected chi connectivity index (χ4v) is 0.373. The number of aromatic nitrogens is 1. The minimum absolute atomic E-state index is 0. The van der Waals surface area contributed by atoms with E-state index in [9.17, 15) is 4.79 Å². The maximum atomic E-state index is 10.3. The maximum Gasteiger partial charge on any atom is 0.216 e. The molecule has 0 aliphatic heterocycles. The normalized spacial score (nSPS) is 7.20. The third-order valence-corrected chi connectivity index (χ3v) is 0.761. The standard InChI is InChI=1S/C5H5NO2.2V/c7-4-1-2-6-3-5(4)8;;/h1-3H,(H2,6,7,8);;/p-1. The Morgan fingerprint density at radius 1 is 1.40 bits per heavy atom. The molecular weight excluding hydrogens is 208 g/mol. The predicted molar refractivity (Wildman–Crippen MR) is 27.7 cm³/mol. The van der Waals surface area contributed by atoms with Gasteiger partial charge in [0.2, 0.25) is 5.43 Å². The van der Waals surface area contributed by atoms with Crippen LogP contribution >= 0.6 is 0 Å². The van der Waals surface area contributed by atoms with Crippen LogP contribution in [0.3, 0.4) is 0 Å². The number of aromatic hydroxyl groups is 1. The van der Waals surface area contributed by atoms with Gasteiger partial charge in [-0.2, -0.15) is 6.20 Å². The van der Waals surface area contributed by atoms with Crippen LogP contribution in [0.15, 0.2) is 23.3 Å². The average Bonchev–Trinajstić information content (AvgIpc) is 1.77. The molecule has 0 saturated heterocycles. The van der Waals surface area contributed by atoms with E-state index < -0.39 is 0 Å². The van der Waals surface area contributed by atoms with E-state index in [4.69, 9.17) is 5.11 Å². The Labute approximate surface area is 81.6 Å². The first kappa shape index (κ1) is 12.6. The molecule has 1 N–H and O–H groups in total. The van der Waals surface area contributed by atoms with Gasteiger partial charge in [0, 0.05) is 37.1 Å². The molecule has 1 heterocycles. The Hall–Kier alpha value is -0.0812. The van der Waals surface area contributed by atoms with Gasteiger partial charge in [-0.15, -0.1) is 6.20 Å². The Morgan fingerprint density at radius 2 is 2.00 bits per heavy atom. The van der Waals surface area contributed by atoms with E-state index in [1.54, 1.807) is 0 Å². The molecule has 0 amide bonds. The Balaban J connectivity index is 0. The number of rotatable bonds is 0. The van der Waals surface area contributed by atoms with Crippen molar-refractivity contribution in [2.24, 2.45) is 0 Å². The SMILES string of the molecule is O=c1cc[n-]cc1O.[V].[V]. The molecule has 0 fully saturated rings. The molecule has 0 spiro atoms. The minimum atomic E-state index is -0.389. The summed E-state index contributed by atoms with van der Waals surface area (Å²) in [4.78, 5) is 13.8. The van der Waals surface area contributed by atoms with E-state index in [-0.39, 0.29) is 48.3 Å². The van der Waals surface area contributed by atoms with E-state index in [0.29, 0.717) is 0 Å². The Bertz CT molecular complexity index is 235. The average molecular weight is 212 g/mol. The summed E-state index contributed by atoms with van der Waals surface area (Å²) in [5.74, 6) is -0.299. The van der Waals surface area contributed by atoms with Crippen molar-refractivity contribution in [3.05, 3.63) is 28.7 Å². The fourth-order valence-electron chi connectivity index (χ4n) is 0.373. The largest absolute Gasteiger partial charge is 0.667 e. The second-order valence-electron chi connectivity index (χ2n) is 1.34. The molecule has 3 nitrogen and oxygen atoms in total. The van der Waals surface area contributed by atoms with E-state index >= 15 is 0 Å². The van der Waals surface area contributed by atoms with E-state index in [1.807, 2.05) is 0 Å². The molecule has 0 bridgehead atoms. The molecule has 0 saturated carbocycles. The summed E-state index contributed by atoms with van der Waals surface area (Å²) >= 11 is 0. The predicted octanol–water partition coefficient (Wildman–Crippen LogP) is -0.295. The van der Waals surface area contributed by atoms with Gasteiger partial charge in [0.1, 0.15) is 5.75 Å². The van der Waals surface area contributed by atoms with Crippen molar-refractivity contribution in [3.8, 4) is 5.75 Å². The topological polar surface area (TPSA) is 51.4 Å². The van der Waals surface area contributed by atoms with Crippen LogP contribution in [0.25, 0.3) is 0 Å². The third-order valence-electron chi connectivity index (χ3n) is 0.761. The first-order chi connectivity index (χ1) is 3.80. The number of hydrogen-bond donors (Lipinski definition) is 1. The van der Waals surface area contributed by atoms with Gasteiger partial charge in [0.25, 0.3) is 0 Å². The summed E-state index contributed by atoms with van der Waals surface area (Å²) in [6.45, 7) is 0. The van der Waals surface area contributed by atoms with E-state index in [1.165, 1.54) is 12.3 Å². The van der Waals surface area contributed by atoms with Gasteiger partial charge in [0.05, 0.1) is 0 Å². The van der Waals surface area contributed by atoms with Gasteiger partial charge in [-0.05, 0) is 6.07 Å². The zero-order chi connectivity index (χ0) is 5.98. The molecule has 1 aromatic heterocycles. The van der Waals surface area contributed by atoms with Gasteiger partial charge >= 0.3 is 0 Å². The third kappa shape index (κ3) is 3.18. The molecular formula is C5H4NO2V2-. The van der Waals surface area contributed by atoms with Crippen molar-refractivity contribution < 1.29 is 42.2 Å². The first-order valence-corrected chi connectivity index (χ1v) is 2.10. The maximum absolute atomic E-state index is 10.3. The van der Waals surface area contributed by atoms with Gasteiger partial charge in [-0.3, -0.25) is 4.79 Å². The summed E-state index contributed by atoms with van der Waals surface area (Å²) in [6.07, 6.45) is 2.45. The van der Waals surface area contributed by atoms with Crippen molar-refractivity contribution in [3.63, 3.8) is 0 Å². The number of hydrogen-bond acceptors (Lipinski definition) is 2. The van der Waals surface area contributed by atoms with E-state index in [0.717, 1.165) is 6.20 Å². The molecule has 0 aliphatic rings. The van der Waals surface area contributed by atoms with Gasteiger partial charge in [0.15, 0.2) is 0 Å². The summed E-state index contributed by atoms with van der Waals surface area (Å²) in [5.41, 5.74) is -0.389. The van der Waals surface area contributed by atoms with Crippen LogP contribution < -0.4 is 10.4 Å². The minimum Gasteiger partial charge on any atom is -0.667 e. The summed E-state index contributed by atoms with van der Waals surface area (Å²) < 4.78 is 0. The Morgan fingerprint density at radius 3 is 2.30 bits per heavy atom. The van der Waals surface area contributed by atoms with Crippen molar-refractivity contribution in [2.45, 2.75) is 0 Å². The molecule has 10 heavy (non-hydrogen) atoms. The molecule has 5 heteroatoms. The van der Waals surface area contributed by atoms with Crippen LogP contribution in [0.1, 0.15) is 0 Å². The number of pyridine rings is 1. The molecule has 0 unspecified atom stereocenters. The van der Waals surface area contributed by atoms with Gasteiger partial charge < -0.3 is 10.1 Å². The van der Waals surface area contributed by atoms with Crippen LogP contribution in [0.5, 0.6) is 5.75 Å². The van der Waals surface area contributed by atoms with Crippen LogP contribution in [0.2, 0.25) is 0 Å². The molecule has 1 rings (SSSR count). The van der Waals surface area contributed by atoms with Gasteiger partial charge in [-0.25, -0.2) is 0 Å². The van der Waals surface area contributed by atoms with Crippen molar-refractivity contribution in [1.29, 1.82) is 0 Å². The molecule has 52 valence electrons. The monoisotopic (exact) mass is 212 g/mol. The molecule has 0 aromatic carbocycles. The molecule has 0 atom stereocenters.